The third-order valence-electron chi connectivity index (χ3n) is 8.33. The molecule has 0 unspecified atom stereocenters. The summed E-state index contributed by atoms with van der Waals surface area (Å²) in [6.07, 6.45) is 25.4. The molecule has 0 aliphatic heterocycles. The fraction of sp³-hybridized carbons (Fsp3) is 0.885. The van der Waals surface area contributed by atoms with Gasteiger partial charge in [0.25, 0.3) is 0 Å². The minimum atomic E-state index is -0.155. The number of unbranched alkanes of at least 4 members (excludes halogenated alkanes) is 3. The molecule has 3 aliphatic rings. The van der Waals surface area contributed by atoms with Crippen LogP contribution in [0.1, 0.15) is 103 Å². The predicted molar refractivity (Wildman–Crippen MR) is 116 cm³/mol. The van der Waals surface area contributed by atoms with Crippen molar-refractivity contribution in [2.75, 3.05) is 6.67 Å². The van der Waals surface area contributed by atoms with Gasteiger partial charge >= 0.3 is 0 Å². The second-order valence-electron chi connectivity index (χ2n) is 10.1. The Morgan fingerprint density at radius 1 is 0.679 bits per heavy atom. The molecule has 2 heteroatoms. The van der Waals surface area contributed by atoms with E-state index in [1.165, 1.54) is 64.2 Å². The summed E-state index contributed by atoms with van der Waals surface area (Å²) in [6.45, 7) is -0.155. The predicted octanol–water partition coefficient (Wildman–Crippen LogP) is 8.02. The zero-order valence-electron chi connectivity index (χ0n) is 18.0. The van der Waals surface area contributed by atoms with Crippen molar-refractivity contribution in [1.29, 1.82) is 5.26 Å². The van der Waals surface area contributed by atoms with Crippen LogP contribution in [0, 0.1) is 46.8 Å². The standard InChI is InChI=1S/C26H42FN/c27-19-5-3-1-2-4-6-21-7-11-23(12-8-21)25-15-17-26(18-16-25)24-13-9-22(20-28)10-14-24/h4,6,21-26H,1-3,5,7-19H2/b6-4+. The molecule has 0 bridgehead atoms. The lowest BCUT2D eigenvalue weighted by atomic mass is 9.65. The lowest BCUT2D eigenvalue weighted by molar-refractivity contribution is 0.113. The van der Waals surface area contributed by atoms with Gasteiger partial charge < -0.3 is 0 Å². The highest BCUT2D eigenvalue weighted by atomic mass is 19.1. The molecule has 0 aromatic heterocycles. The Hall–Kier alpha value is -0.840. The number of hydrogen-bond donors (Lipinski definition) is 0. The Kier molecular flexibility index (Phi) is 9.36. The van der Waals surface area contributed by atoms with Crippen LogP contribution in [0.4, 0.5) is 4.39 Å². The van der Waals surface area contributed by atoms with Gasteiger partial charge in [0.2, 0.25) is 0 Å². The van der Waals surface area contributed by atoms with E-state index in [4.69, 9.17) is 5.26 Å². The highest BCUT2D eigenvalue weighted by Crippen LogP contribution is 2.45. The number of nitriles is 1. The maximum absolute atomic E-state index is 12.1. The number of alkyl halides is 1. The van der Waals surface area contributed by atoms with Crippen molar-refractivity contribution in [2.24, 2.45) is 35.5 Å². The molecule has 28 heavy (non-hydrogen) atoms. The Balaban J connectivity index is 1.30. The quantitative estimate of drug-likeness (QED) is 0.305. The van der Waals surface area contributed by atoms with Gasteiger partial charge in [-0.1, -0.05) is 18.6 Å². The van der Waals surface area contributed by atoms with Crippen molar-refractivity contribution in [3.8, 4) is 6.07 Å². The van der Waals surface area contributed by atoms with Crippen LogP contribution in [0.2, 0.25) is 0 Å². The molecule has 158 valence electrons. The van der Waals surface area contributed by atoms with Crippen LogP contribution in [-0.2, 0) is 0 Å². The lowest BCUT2D eigenvalue weighted by Crippen LogP contribution is -2.29. The molecule has 0 radical (unpaired) electrons. The zero-order valence-corrected chi connectivity index (χ0v) is 18.0. The third kappa shape index (κ3) is 6.60. The molecule has 0 atom stereocenters. The topological polar surface area (TPSA) is 23.8 Å². The van der Waals surface area contributed by atoms with Crippen LogP contribution in [0.25, 0.3) is 0 Å². The van der Waals surface area contributed by atoms with Crippen molar-refractivity contribution in [2.45, 2.75) is 103 Å². The van der Waals surface area contributed by atoms with Gasteiger partial charge in [-0.05, 0) is 126 Å². The van der Waals surface area contributed by atoms with E-state index < -0.39 is 0 Å². The molecular weight excluding hydrogens is 345 g/mol. The Bertz CT molecular complexity index is 483. The van der Waals surface area contributed by atoms with Gasteiger partial charge in [0.05, 0.1) is 12.7 Å². The highest BCUT2D eigenvalue weighted by Gasteiger charge is 2.34. The van der Waals surface area contributed by atoms with E-state index >= 15 is 0 Å². The van der Waals surface area contributed by atoms with E-state index in [9.17, 15) is 4.39 Å². The Labute approximate surface area is 173 Å². The van der Waals surface area contributed by atoms with Crippen LogP contribution in [-0.4, -0.2) is 6.67 Å². The van der Waals surface area contributed by atoms with Crippen LogP contribution in [0.3, 0.4) is 0 Å². The van der Waals surface area contributed by atoms with E-state index in [0.29, 0.717) is 5.92 Å². The Morgan fingerprint density at radius 3 is 1.68 bits per heavy atom. The first-order chi connectivity index (χ1) is 13.8. The highest BCUT2D eigenvalue weighted by molar-refractivity contribution is 4.93. The molecule has 0 aromatic carbocycles. The maximum atomic E-state index is 12.1. The van der Waals surface area contributed by atoms with Crippen LogP contribution < -0.4 is 0 Å². The van der Waals surface area contributed by atoms with Gasteiger partial charge in [-0.3, -0.25) is 4.39 Å². The first-order valence-electron chi connectivity index (χ1n) is 12.4. The molecule has 3 fully saturated rings. The van der Waals surface area contributed by atoms with Crippen LogP contribution in [0.15, 0.2) is 12.2 Å². The van der Waals surface area contributed by atoms with Gasteiger partial charge in [0.15, 0.2) is 0 Å². The molecule has 0 saturated heterocycles. The molecule has 0 aromatic rings. The molecule has 3 aliphatic carbocycles. The van der Waals surface area contributed by atoms with Gasteiger partial charge in [-0.15, -0.1) is 0 Å². The van der Waals surface area contributed by atoms with E-state index in [-0.39, 0.29) is 6.67 Å². The largest absolute Gasteiger partial charge is 0.251 e. The molecule has 0 heterocycles. The summed E-state index contributed by atoms with van der Waals surface area (Å²) in [5, 5.41) is 9.11. The summed E-state index contributed by atoms with van der Waals surface area (Å²) in [5.41, 5.74) is 0. The fourth-order valence-electron chi connectivity index (χ4n) is 6.44. The molecule has 1 nitrogen and oxygen atoms in total. The SMILES string of the molecule is N#CC1CCC(C2CCC(C3CCC(/C=C/CCCCCF)CC3)CC2)CC1. The van der Waals surface area contributed by atoms with Crippen molar-refractivity contribution in [3.05, 3.63) is 12.2 Å². The number of rotatable bonds is 8. The average molecular weight is 388 g/mol. The first kappa shape index (κ1) is 21.9. The second-order valence-corrected chi connectivity index (χ2v) is 10.1. The summed E-state index contributed by atoms with van der Waals surface area (Å²) >= 11 is 0. The third-order valence-corrected chi connectivity index (χ3v) is 8.33. The average Bonchev–Trinajstić information content (AvgIpc) is 2.77. The van der Waals surface area contributed by atoms with E-state index in [2.05, 4.69) is 18.2 Å². The number of hydrogen-bond acceptors (Lipinski definition) is 1. The zero-order chi connectivity index (χ0) is 19.6. The molecular formula is C26H42FN. The summed E-state index contributed by atoms with van der Waals surface area (Å²) in [5.74, 6) is 5.04. The van der Waals surface area contributed by atoms with E-state index in [1.807, 2.05) is 0 Å². The number of allylic oxidation sites excluding steroid dienone is 2. The van der Waals surface area contributed by atoms with E-state index in [1.54, 1.807) is 0 Å². The maximum Gasteiger partial charge on any atom is 0.0894 e. The van der Waals surface area contributed by atoms with Crippen LogP contribution >= 0.6 is 0 Å². The monoisotopic (exact) mass is 387 g/mol. The van der Waals surface area contributed by atoms with Crippen LogP contribution in [0.5, 0.6) is 0 Å². The number of nitrogens with zero attached hydrogens (tertiary/aromatic N) is 1. The number of halogens is 1. The molecule has 0 N–H and O–H groups in total. The van der Waals surface area contributed by atoms with Gasteiger partial charge in [0, 0.05) is 5.92 Å². The lowest BCUT2D eigenvalue weighted by Gasteiger charge is -2.40. The minimum Gasteiger partial charge on any atom is -0.251 e. The van der Waals surface area contributed by atoms with Gasteiger partial charge in [-0.25, -0.2) is 0 Å². The second kappa shape index (κ2) is 12.0. The van der Waals surface area contributed by atoms with Crippen molar-refractivity contribution in [3.63, 3.8) is 0 Å². The normalized spacial score (nSPS) is 37.0. The minimum absolute atomic E-state index is 0.155. The summed E-state index contributed by atoms with van der Waals surface area (Å²) < 4.78 is 12.1. The fourth-order valence-corrected chi connectivity index (χ4v) is 6.44. The smallest absolute Gasteiger partial charge is 0.0894 e. The first-order valence-corrected chi connectivity index (χ1v) is 12.4. The van der Waals surface area contributed by atoms with Crippen molar-refractivity contribution >= 4 is 0 Å². The molecule has 0 spiro atoms. The summed E-state index contributed by atoms with van der Waals surface area (Å²) in [6, 6.07) is 2.49. The van der Waals surface area contributed by atoms with Crippen molar-refractivity contribution in [1.82, 2.24) is 0 Å². The molecule has 3 rings (SSSR count). The summed E-state index contributed by atoms with van der Waals surface area (Å²) in [7, 11) is 0. The van der Waals surface area contributed by atoms with Gasteiger partial charge in [0.1, 0.15) is 0 Å². The molecule has 0 amide bonds. The molecule has 3 saturated carbocycles. The summed E-state index contributed by atoms with van der Waals surface area (Å²) in [4.78, 5) is 0. The van der Waals surface area contributed by atoms with Gasteiger partial charge in [-0.2, -0.15) is 5.26 Å². The van der Waals surface area contributed by atoms with E-state index in [0.717, 1.165) is 68.1 Å². The Morgan fingerprint density at radius 2 is 1.18 bits per heavy atom. The van der Waals surface area contributed by atoms with Crippen molar-refractivity contribution < 1.29 is 4.39 Å².